The molecule has 1 aromatic rings. The van der Waals surface area contributed by atoms with E-state index in [2.05, 4.69) is 6.07 Å². The number of rotatable bonds is 1. The molecule has 3 rings (SSSR count). The second-order valence-electron chi connectivity index (χ2n) is 5.85. The molecule has 1 amide bonds. The van der Waals surface area contributed by atoms with Crippen LogP contribution in [0.3, 0.4) is 0 Å². The van der Waals surface area contributed by atoms with Gasteiger partial charge in [0.15, 0.2) is 0 Å². The molecule has 0 unspecified atom stereocenters. The first-order valence-electron chi connectivity index (χ1n) is 7.00. The monoisotopic (exact) mass is 274 g/mol. The van der Waals surface area contributed by atoms with Crippen molar-refractivity contribution in [2.24, 2.45) is 5.41 Å². The third-order valence-electron chi connectivity index (χ3n) is 4.58. The minimum atomic E-state index is 0.119. The van der Waals surface area contributed by atoms with Crippen molar-refractivity contribution in [1.82, 2.24) is 4.90 Å². The summed E-state index contributed by atoms with van der Waals surface area (Å²) in [6.45, 7) is 1.81. The van der Waals surface area contributed by atoms with Gasteiger partial charge in [0.2, 0.25) is 0 Å². The van der Waals surface area contributed by atoms with Crippen LogP contribution in [0.1, 0.15) is 53.8 Å². The van der Waals surface area contributed by atoms with E-state index in [-0.39, 0.29) is 5.91 Å². The van der Waals surface area contributed by atoms with Gasteiger partial charge in [0.25, 0.3) is 5.91 Å². The van der Waals surface area contributed by atoms with Gasteiger partial charge in [-0.15, -0.1) is 11.3 Å². The molecule has 0 atom stereocenters. The SMILES string of the molecule is N#Cc1csc(C(=O)N2CCC3(CCCCC3)C2)c1. The van der Waals surface area contributed by atoms with Gasteiger partial charge in [-0.2, -0.15) is 5.26 Å². The zero-order valence-electron chi connectivity index (χ0n) is 11.0. The topological polar surface area (TPSA) is 44.1 Å². The van der Waals surface area contributed by atoms with Crippen LogP contribution in [0.2, 0.25) is 0 Å². The number of nitriles is 1. The van der Waals surface area contributed by atoms with Crippen LogP contribution >= 0.6 is 11.3 Å². The highest BCUT2D eigenvalue weighted by Crippen LogP contribution is 2.44. The summed E-state index contributed by atoms with van der Waals surface area (Å²) in [5.74, 6) is 0.119. The zero-order chi connectivity index (χ0) is 13.3. The van der Waals surface area contributed by atoms with E-state index in [0.29, 0.717) is 15.9 Å². The molecular weight excluding hydrogens is 256 g/mol. The standard InChI is InChI=1S/C15H18N2OS/c16-9-12-8-13(19-10-12)14(18)17-7-6-15(11-17)4-2-1-3-5-15/h8,10H,1-7,11H2. The van der Waals surface area contributed by atoms with E-state index in [1.54, 1.807) is 11.4 Å². The molecule has 4 heteroatoms. The van der Waals surface area contributed by atoms with Gasteiger partial charge in [-0.05, 0) is 30.7 Å². The lowest BCUT2D eigenvalue weighted by molar-refractivity contribution is 0.0763. The lowest BCUT2D eigenvalue weighted by atomic mass is 9.73. The number of hydrogen-bond acceptors (Lipinski definition) is 3. The molecule has 1 saturated heterocycles. The Balaban J connectivity index is 1.70. The Morgan fingerprint density at radius 1 is 1.32 bits per heavy atom. The second kappa shape index (κ2) is 4.97. The molecule has 1 saturated carbocycles. The molecule has 1 spiro atoms. The van der Waals surface area contributed by atoms with Crippen molar-refractivity contribution in [3.63, 3.8) is 0 Å². The summed E-state index contributed by atoms with van der Waals surface area (Å²) in [6.07, 6.45) is 7.72. The molecule has 0 N–H and O–H groups in total. The highest BCUT2D eigenvalue weighted by Gasteiger charge is 2.40. The summed E-state index contributed by atoms with van der Waals surface area (Å²) in [7, 11) is 0. The lowest BCUT2D eigenvalue weighted by Gasteiger charge is -2.33. The molecule has 2 aliphatic rings. The molecule has 3 nitrogen and oxygen atoms in total. The Labute approximate surface area is 117 Å². The number of likely N-dealkylation sites (tertiary alicyclic amines) is 1. The van der Waals surface area contributed by atoms with Gasteiger partial charge < -0.3 is 4.90 Å². The zero-order valence-corrected chi connectivity index (χ0v) is 11.8. The van der Waals surface area contributed by atoms with Crippen LogP contribution in [0.5, 0.6) is 0 Å². The minimum absolute atomic E-state index is 0.119. The maximum atomic E-state index is 12.4. The molecular formula is C15H18N2OS. The van der Waals surface area contributed by atoms with Crippen LogP contribution < -0.4 is 0 Å². The maximum Gasteiger partial charge on any atom is 0.263 e. The van der Waals surface area contributed by atoms with E-state index in [4.69, 9.17) is 5.26 Å². The molecule has 1 aliphatic carbocycles. The average molecular weight is 274 g/mol. The third-order valence-corrected chi connectivity index (χ3v) is 5.50. The van der Waals surface area contributed by atoms with E-state index >= 15 is 0 Å². The van der Waals surface area contributed by atoms with Crippen molar-refractivity contribution < 1.29 is 4.79 Å². The first-order chi connectivity index (χ1) is 9.22. The number of thiophene rings is 1. The summed E-state index contributed by atoms with van der Waals surface area (Å²) in [4.78, 5) is 15.1. The normalized spacial score (nSPS) is 21.5. The summed E-state index contributed by atoms with van der Waals surface area (Å²) in [5, 5.41) is 10.6. The predicted molar refractivity (Wildman–Crippen MR) is 75.1 cm³/mol. The number of amides is 1. The van der Waals surface area contributed by atoms with Gasteiger partial charge in [0, 0.05) is 18.5 Å². The van der Waals surface area contributed by atoms with Crippen LogP contribution in [0.15, 0.2) is 11.4 Å². The molecule has 1 aromatic heterocycles. The van der Waals surface area contributed by atoms with Gasteiger partial charge in [-0.1, -0.05) is 19.3 Å². The molecule has 0 bridgehead atoms. The van der Waals surface area contributed by atoms with E-state index < -0.39 is 0 Å². The van der Waals surface area contributed by atoms with Crippen molar-refractivity contribution in [3.8, 4) is 6.07 Å². The highest BCUT2D eigenvalue weighted by atomic mass is 32.1. The Morgan fingerprint density at radius 3 is 2.79 bits per heavy atom. The van der Waals surface area contributed by atoms with E-state index in [0.717, 1.165) is 19.5 Å². The lowest BCUT2D eigenvalue weighted by Crippen LogP contribution is -2.32. The second-order valence-corrected chi connectivity index (χ2v) is 6.76. The quantitative estimate of drug-likeness (QED) is 0.787. The van der Waals surface area contributed by atoms with Gasteiger partial charge in [-0.3, -0.25) is 4.79 Å². The summed E-state index contributed by atoms with van der Waals surface area (Å²) < 4.78 is 0. The van der Waals surface area contributed by atoms with Gasteiger partial charge in [0.1, 0.15) is 6.07 Å². The fourth-order valence-corrected chi connectivity index (χ4v) is 4.28. The van der Waals surface area contributed by atoms with Crippen molar-refractivity contribution >= 4 is 17.2 Å². The molecule has 0 radical (unpaired) electrons. The number of nitrogens with zero attached hydrogens (tertiary/aromatic N) is 2. The maximum absolute atomic E-state index is 12.4. The fourth-order valence-electron chi connectivity index (χ4n) is 3.48. The first kappa shape index (κ1) is 12.7. The summed E-state index contributed by atoms with van der Waals surface area (Å²) >= 11 is 1.39. The van der Waals surface area contributed by atoms with E-state index in [1.807, 2.05) is 4.90 Å². The van der Waals surface area contributed by atoms with E-state index in [9.17, 15) is 4.79 Å². The fraction of sp³-hybridized carbons (Fsp3) is 0.600. The average Bonchev–Trinajstić information content (AvgIpc) is 3.06. The molecule has 2 heterocycles. The van der Waals surface area contributed by atoms with Crippen LogP contribution in [-0.4, -0.2) is 23.9 Å². The Hall–Kier alpha value is -1.34. The molecule has 0 aromatic carbocycles. The minimum Gasteiger partial charge on any atom is -0.337 e. The van der Waals surface area contributed by atoms with Crippen molar-refractivity contribution in [3.05, 3.63) is 21.9 Å². The van der Waals surface area contributed by atoms with Gasteiger partial charge in [0.05, 0.1) is 10.4 Å². The van der Waals surface area contributed by atoms with Crippen LogP contribution in [0, 0.1) is 16.7 Å². The molecule has 100 valence electrons. The molecule has 19 heavy (non-hydrogen) atoms. The van der Waals surface area contributed by atoms with Crippen LogP contribution in [-0.2, 0) is 0 Å². The van der Waals surface area contributed by atoms with Gasteiger partial charge in [-0.25, -0.2) is 0 Å². The smallest absolute Gasteiger partial charge is 0.263 e. The van der Waals surface area contributed by atoms with Crippen molar-refractivity contribution in [2.75, 3.05) is 13.1 Å². The van der Waals surface area contributed by atoms with Crippen LogP contribution in [0.4, 0.5) is 0 Å². The Morgan fingerprint density at radius 2 is 2.11 bits per heavy atom. The van der Waals surface area contributed by atoms with Crippen molar-refractivity contribution in [2.45, 2.75) is 38.5 Å². The number of carbonyl (C=O) groups is 1. The largest absolute Gasteiger partial charge is 0.337 e. The number of carbonyl (C=O) groups excluding carboxylic acids is 1. The Bertz CT molecular complexity index is 522. The predicted octanol–water partition coefficient (Wildman–Crippen LogP) is 3.42. The number of hydrogen-bond donors (Lipinski definition) is 0. The third kappa shape index (κ3) is 2.40. The molecule has 1 aliphatic heterocycles. The van der Waals surface area contributed by atoms with Crippen LogP contribution in [0.25, 0.3) is 0 Å². The summed E-state index contributed by atoms with van der Waals surface area (Å²) in [5.41, 5.74) is 1.00. The Kier molecular flexibility index (Phi) is 3.32. The van der Waals surface area contributed by atoms with Gasteiger partial charge >= 0.3 is 0 Å². The summed E-state index contributed by atoms with van der Waals surface area (Å²) in [6, 6.07) is 3.81. The first-order valence-corrected chi connectivity index (χ1v) is 7.88. The molecule has 2 fully saturated rings. The highest BCUT2D eigenvalue weighted by molar-refractivity contribution is 7.12. The van der Waals surface area contributed by atoms with Crippen molar-refractivity contribution in [1.29, 1.82) is 5.26 Å². The van der Waals surface area contributed by atoms with E-state index in [1.165, 1.54) is 43.4 Å².